The number of ether oxygens (including phenoxy) is 1. The fourth-order valence-corrected chi connectivity index (χ4v) is 4.42. The zero-order valence-corrected chi connectivity index (χ0v) is 17.2. The first kappa shape index (κ1) is 20.6. The Hall–Kier alpha value is -2.09. The van der Waals surface area contributed by atoms with E-state index in [1.165, 1.54) is 25.3 Å². The standard InChI is InChI=1S/C20H23ClN2O4S/c1-27-19-10-9-16(13-17(19)20(24)23-11-5-2-6-12-23)28(25,26)22-14-15-7-3-4-8-18(15)21/h3-4,7-10,13,22H,2,5-6,11-12,14H2,1H3. The van der Waals surface area contributed by atoms with E-state index in [0.29, 0.717) is 29.4 Å². The van der Waals surface area contributed by atoms with Gasteiger partial charge in [-0.2, -0.15) is 0 Å². The number of rotatable bonds is 6. The third-order valence-electron chi connectivity index (χ3n) is 4.77. The van der Waals surface area contributed by atoms with E-state index in [1.54, 1.807) is 29.2 Å². The number of hydrogen-bond donors (Lipinski definition) is 1. The van der Waals surface area contributed by atoms with E-state index in [1.807, 2.05) is 0 Å². The first-order valence-electron chi connectivity index (χ1n) is 9.13. The summed E-state index contributed by atoms with van der Waals surface area (Å²) < 4.78 is 33.3. The molecular weight excluding hydrogens is 400 g/mol. The van der Waals surface area contributed by atoms with Crippen molar-refractivity contribution < 1.29 is 17.9 Å². The fraction of sp³-hybridized carbons (Fsp3) is 0.350. The molecule has 6 nitrogen and oxygen atoms in total. The van der Waals surface area contributed by atoms with Gasteiger partial charge in [-0.15, -0.1) is 0 Å². The Morgan fingerprint density at radius 2 is 1.86 bits per heavy atom. The van der Waals surface area contributed by atoms with E-state index >= 15 is 0 Å². The number of benzene rings is 2. The monoisotopic (exact) mass is 422 g/mol. The van der Waals surface area contributed by atoms with Crippen LogP contribution < -0.4 is 9.46 Å². The molecule has 0 saturated carbocycles. The molecule has 1 heterocycles. The second kappa shape index (κ2) is 8.94. The highest BCUT2D eigenvalue weighted by Gasteiger charge is 2.24. The molecule has 1 aliphatic heterocycles. The predicted molar refractivity (Wildman–Crippen MR) is 108 cm³/mol. The molecule has 28 heavy (non-hydrogen) atoms. The van der Waals surface area contributed by atoms with Crippen LogP contribution in [0.4, 0.5) is 0 Å². The Bertz CT molecular complexity index is 956. The highest BCUT2D eigenvalue weighted by Crippen LogP contribution is 2.25. The number of sulfonamides is 1. The van der Waals surface area contributed by atoms with Crippen molar-refractivity contribution in [2.24, 2.45) is 0 Å². The van der Waals surface area contributed by atoms with Crippen LogP contribution in [0.15, 0.2) is 47.4 Å². The van der Waals surface area contributed by atoms with Crippen LogP contribution in [0.2, 0.25) is 5.02 Å². The molecule has 8 heteroatoms. The van der Waals surface area contributed by atoms with Gasteiger partial charge in [0.2, 0.25) is 10.0 Å². The second-order valence-electron chi connectivity index (χ2n) is 6.63. The Morgan fingerprint density at radius 3 is 2.54 bits per heavy atom. The number of amides is 1. The number of nitrogens with one attached hydrogen (secondary N) is 1. The molecule has 3 rings (SSSR count). The Morgan fingerprint density at radius 1 is 1.14 bits per heavy atom. The number of piperidine rings is 1. The van der Waals surface area contributed by atoms with Crippen LogP contribution >= 0.6 is 11.6 Å². The van der Waals surface area contributed by atoms with E-state index in [0.717, 1.165) is 19.3 Å². The quantitative estimate of drug-likeness (QED) is 0.773. The zero-order chi connectivity index (χ0) is 20.1. The van der Waals surface area contributed by atoms with Gasteiger partial charge in [0.1, 0.15) is 5.75 Å². The second-order valence-corrected chi connectivity index (χ2v) is 8.81. The minimum absolute atomic E-state index is 0.0145. The summed E-state index contributed by atoms with van der Waals surface area (Å²) in [4.78, 5) is 14.7. The van der Waals surface area contributed by atoms with Crippen molar-refractivity contribution in [1.29, 1.82) is 0 Å². The molecule has 0 unspecified atom stereocenters. The maximum absolute atomic E-state index is 12.9. The molecule has 0 spiro atoms. The molecule has 1 fully saturated rings. The van der Waals surface area contributed by atoms with Crippen molar-refractivity contribution in [3.63, 3.8) is 0 Å². The van der Waals surface area contributed by atoms with E-state index in [-0.39, 0.29) is 22.9 Å². The maximum Gasteiger partial charge on any atom is 0.257 e. The van der Waals surface area contributed by atoms with Crippen molar-refractivity contribution in [1.82, 2.24) is 9.62 Å². The molecule has 0 aromatic heterocycles. The number of hydrogen-bond acceptors (Lipinski definition) is 4. The lowest BCUT2D eigenvalue weighted by atomic mass is 10.1. The third kappa shape index (κ3) is 4.66. The largest absolute Gasteiger partial charge is 0.496 e. The summed E-state index contributed by atoms with van der Waals surface area (Å²) in [7, 11) is -2.36. The Balaban J connectivity index is 1.84. The normalized spacial score (nSPS) is 14.7. The van der Waals surface area contributed by atoms with E-state index in [2.05, 4.69) is 4.72 Å². The van der Waals surface area contributed by atoms with Gasteiger partial charge in [0.25, 0.3) is 5.91 Å². The fourth-order valence-electron chi connectivity index (χ4n) is 3.19. The van der Waals surface area contributed by atoms with Crippen molar-refractivity contribution in [2.75, 3.05) is 20.2 Å². The van der Waals surface area contributed by atoms with Crippen LogP contribution in [-0.4, -0.2) is 39.4 Å². The van der Waals surface area contributed by atoms with Gasteiger partial charge in [0.15, 0.2) is 0 Å². The summed E-state index contributed by atoms with van der Waals surface area (Å²) >= 11 is 6.09. The van der Waals surface area contributed by atoms with Gasteiger partial charge in [0, 0.05) is 24.7 Å². The molecule has 1 saturated heterocycles. The highest BCUT2D eigenvalue weighted by atomic mass is 35.5. The third-order valence-corrected chi connectivity index (χ3v) is 6.53. The van der Waals surface area contributed by atoms with E-state index < -0.39 is 10.0 Å². The summed E-state index contributed by atoms with van der Waals surface area (Å²) in [6, 6.07) is 11.4. The van der Waals surface area contributed by atoms with Gasteiger partial charge in [-0.05, 0) is 49.1 Å². The molecule has 2 aromatic carbocycles. The Kier molecular flexibility index (Phi) is 6.59. The van der Waals surface area contributed by atoms with Crippen LogP contribution in [0, 0.1) is 0 Å². The molecule has 1 aliphatic rings. The SMILES string of the molecule is COc1ccc(S(=O)(=O)NCc2ccccc2Cl)cc1C(=O)N1CCCCC1. The van der Waals surface area contributed by atoms with E-state index in [9.17, 15) is 13.2 Å². The number of likely N-dealkylation sites (tertiary alicyclic amines) is 1. The first-order chi connectivity index (χ1) is 13.4. The number of methoxy groups -OCH3 is 1. The van der Waals surface area contributed by atoms with Crippen molar-refractivity contribution >= 4 is 27.5 Å². The molecule has 1 amide bonds. The average molecular weight is 423 g/mol. The lowest BCUT2D eigenvalue weighted by molar-refractivity contribution is 0.0720. The minimum atomic E-state index is -3.82. The molecule has 1 N–H and O–H groups in total. The van der Waals surface area contributed by atoms with E-state index in [4.69, 9.17) is 16.3 Å². The van der Waals surface area contributed by atoms with Gasteiger partial charge in [-0.25, -0.2) is 13.1 Å². The topological polar surface area (TPSA) is 75.7 Å². The van der Waals surface area contributed by atoms with Gasteiger partial charge < -0.3 is 9.64 Å². The van der Waals surface area contributed by atoms with Crippen molar-refractivity contribution in [2.45, 2.75) is 30.7 Å². The lowest BCUT2D eigenvalue weighted by Gasteiger charge is -2.27. The highest BCUT2D eigenvalue weighted by molar-refractivity contribution is 7.89. The van der Waals surface area contributed by atoms with Gasteiger partial charge in [0.05, 0.1) is 17.6 Å². The molecule has 150 valence electrons. The minimum Gasteiger partial charge on any atom is -0.496 e. The molecule has 2 aromatic rings. The van der Waals surface area contributed by atoms with Gasteiger partial charge >= 0.3 is 0 Å². The Labute approximate surface area is 170 Å². The summed E-state index contributed by atoms with van der Waals surface area (Å²) in [5, 5.41) is 0.487. The van der Waals surface area contributed by atoms with Crippen LogP contribution in [0.5, 0.6) is 5.75 Å². The summed E-state index contributed by atoms with van der Waals surface area (Å²) in [6.07, 6.45) is 3.00. The smallest absolute Gasteiger partial charge is 0.257 e. The van der Waals surface area contributed by atoms with Crippen molar-refractivity contribution in [3.8, 4) is 5.75 Å². The number of carbonyl (C=O) groups is 1. The van der Waals surface area contributed by atoms with Gasteiger partial charge in [-0.3, -0.25) is 4.79 Å². The lowest BCUT2D eigenvalue weighted by Crippen LogP contribution is -2.36. The number of halogens is 1. The maximum atomic E-state index is 12.9. The molecule has 0 aliphatic carbocycles. The number of carbonyl (C=O) groups excluding carboxylic acids is 1. The van der Waals surface area contributed by atoms with Crippen LogP contribution in [0.1, 0.15) is 35.2 Å². The average Bonchev–Trinajstić information content (AvgIpc) is 2.72. The summed E-state index contributed by atoms with van der Waals surface area (Å²) in [6.45, 7) is 1.40. The van der Waals surface area contributed by atoms with Crippen LogP contribution in [0.3, 0.4) is 0 Å². The molecule has 0 bridgehead atoms. The number of nitrogens with zero attached hydrogens (tertiary/aromatic N) is 1. The first-order valence-corrected chi connectivity index (χ1v) is 11.0. The van der Waals surface area contributed by atoms with Crippen LogP contribution in [-0.2, 0) is 16.6 Å². The van der Waals surface area contributed by atoms with Crippen LogP contribution in [0.25, 0.3) is 0 Å². The van der Waals surface area contributed by atoms with Crippen molar-refractivity contribution in [3.05, 3.63) is 58.6 Å². The molecule has 0 radical (unpaired) electrons. The molecule has 0 atom stereocenters. The predicted octanol–water partition coefficient (Wildman–Crippen LogP) is 3.45. The molecular formula is C20H23ClN2O4S. The van der Waals surface area contributed by atoms with Gasteiger partial charge in [-0.1, -0.05) is 29.8 Å². The zero-order valence-electron chi connectivity index (χ0n) is 15.7. The summed E-state index contributed by atoms with van der Waals surface area (Å²) in [5.74, 6) is 0.153. The summed E-state index contributed by atoms with van der Waals surface area (Å²) in [5.41, 5.74) is 0.927.